The Morgan fingerprint density at radius 2 is 2.19 bits per heavy atom. The summed E-state index contributed by atoms with van der Waals surface area (Å²) in [5.74, 6) is 0.702. The molecule has 2 aromatic rings. The number of unbranched alkanes of at least 4 members (excludes halogenated alkanes) is 1. The van der Waals surface area contributed by atoms with Gasteiger partial charge in [-0.2, -0.15) is 0 Å². The van der Waals surface area contributed by atoms with Crippen molar-refractivity contribution in [2.45, 2.75) is 57.9 Å². The van der Waals surface area contributed by atoms with E-state index in [9.17, 15) is 0 Å². The van der Waals surface area contributed by atoms with Gasteiger partial charge in [-0.1, -0.05) is 39.5 Å². The van der Waals surface area contributed by atoms with E-state index in [1.165, 1.54) is 31.4 Å². The summed E-state index contributed by atoms with van der Waals surface area (Å²) >= 11 is 1.67. The molecule has 0 aliphatic heterocycles. The third-order valence-corrected chi connectivity index (χ3v) is 5.55. The predicted octanol–water partition coefficient (Wildman–Crippen LogP) is 4.64. The van der Waals surface area contributed by atoms with Crippen LogP contribution >= 0.6 is 11.8 Å². The molecule has 1 unspecified atom stereocenters. The van der Waals surface area contributed by atoms with E-state index in [-0.39, 0.29) is 0 Å². The van der Waals surface area contributed by atoms with Crippen LogP contribution in [0, 0.1) is 5.92 Å². The van der Waals surface area contributed by atoms with E-state index in [1.807, 2.05) is 25.3 Å². The number of rotatable bonds is 10. The Balaban J connectivity index is 2.41. The number of hydrogen-bond donors (Lipinski definition) is 1. The Bertz CT molecular complexity index is 737. The van der Waals surface area contributed by atoms with Gasteiger partial charge in [0.15, 0.2) is 5.65 Å². The number of hydrogen-bond acceptors (Lipinski definition) is 5. The number of nitrogens with one attached hydrogen (secondary N) is 1. The molecule has 0 amide bonds. The van der Waals surface area contributed by atoms with E-state index in [1.54, 1.807) is 11.8 Å². The zero-order chi connectivity index (χ0) is 19.1. The number of hydrazine groups is 1. The first-order valence-electron chi connectivity index (χ1n) is 9.53. The minimum absolute atomic E-state index is 0.702. The van der Waals surface area contributed by atoms with Crippen LogP contribution in [0.15, 0.2) is 23.6 Å². The Kier molecular flexibility index (Phi) is 7.97. The van der Waals surface area contributed by atoms with Crippen molar-refractivity contribution in [3.8, 4) is 0 Å². The fourth-order valence-corrected chi connectivity index (χ4v) is 3.74. The topological polar surface area (TPSA) is 45.5 Å². The normalized spacial score (nSPS) is 13.4. The van der Waals surface area contributed by atoms with Crippen molar-refractivity contribution in [1.29, 1.82) is 0 Å². The van der Waals surface area contributed by atoms with E-state index in [4.69, 9.17) is 4.98 Å². The quantitative estimate of drug-likeness (QED) is 0.484. The average Bonchev–Trinajstić information content (AvgIpc) is 3.08. The lowest BCUT2D eigenvalue weighted by molar-refractivity contribution is 0.366. The first-order valence-corrected chi connectivity index (χ1v) is 10.8. The molecule has 26 heavy (non-hydrogen) atoms. The number of imidazole rings is 1. The molecule has 0 aliphatic rings. The van der Waals surface area contributed by atoms with E-state index in [0.29, 0.717) is 5.92 Å². The molecule has 0 saturated carbocycles. The van der Waals surface area contributed by atoms with E-state index in [0.717, 1.165) is 28.4 Å². The molecule has 0 spiro atoms. The third-order valence-electron chi connectivity index (χ3n) is 4.89. The number of allylic oxidation sites excluding steroid dienone is 1. The second-order valence-electron chi connectivity index (χ2n) is 6.85. The van der Waals surface area contributed by atoms with Gasteiger partial charge in [-0.15, -0.1) is 11.8 Å². The van der Waals surface area contributed by atoms with Crippen molar-refractivity contribution < 1.29 is 0 Å². The number of fused-ring (bicyclic) bond motifs is 1. The molecule has 2 rings (SSSR count). The first kappa shape index (κ1) is 20.8. The van der Waals surface area contributed by atoms with Crippen molar-refractivity contribution in [2.75, 3.05) is 20.4 Å². The van der Waals surface area contributed by atoms with Crippen molar-refractivity contribution in [2.24, 2.45) is 5.92 Å². The largest absolute Gasteiger partial charge is 0.319 e. The Hall–Kier alpha value is -1.53. The maximum Gasteiger partial charge on any atom is 0.170 e. The van der Waals surface area contributed by atoms with Gasteiger partial charge in [-0.05, 0) is 31.1 Å². The predicted molar refractivity (Wildman–Crippen MR) is 112 cm³/mol. The maximum atomic E-state index is 4.90. The van der Waals surface area contributed by atoms with Gasteiger partial charge in [0.2, 0.25) is 0 Å². The third kappa shape index (κ3) is 5.01. The van der Waals surface area contributed by atoms with E-state index in [2.05, 4.69) is 54.2 Å². The van der Waals surface area contributed by atoms with Crippen LogP contribution in [0.2, 0.25) is 0 Å². The highest BCUT2D eigenvalue weighted by Gasteiger charge is 2.15. The molecule has 0 radical (unpaired) electrons. The van der Waals surface area contributed by atoms with Gasteiger partial charge < -0.3 is 5.01 Å². The minimum atomic E-state index is 0.702. The van der Waals surface area contributed by atoms with Gasteiger partial charge >= 0.3 is 0 Å². The monoisotopic (exact) mass is 375 g/mol. The van der Waals surface area contributed by atoms with Crippen LogP contribution < -0.4 is 5.43 Å². The van der Waals surface area contributed by atoms with Crippen LogP contribution in [-0.2, 0) is 6.42 Å². The summed E-state index contributed by atoms with van der Waals surface area (Å²) in [5.41, 5.74) is 7.49. The van der Waals surface area contributed by atoms with Crippen LogP contribution in [0.1, 0.15) is 57.8 Å². The van der Waals surface area contributed by atoms with Gasteiger partial charge in [0.1, 0.15) is 5.03 Å². The first-order chi connectivity index (χ1) is 12.5. The summed E-state index contributed by atoms with van der Waals surface area (Å²) in [7, 11) is 3.90. The van der Waals surface area contributed by atoms with Gasteiger partial charge in [0.05, 0.1) is 17.6 Å². The second kappa shape index (κ2) is 9.97. The summed E-state index contributed by atoms with van der Waals surface area (Å²) in [6, 6.07) is 0. The Morgan fingerprint density at radius 3 is 2.81 bits per heavy atom. The van der Waals surface area contributed by atoms with Crippen LogP contribution in [0.4, 0.5) is 0 Å². The van der Waals surface area contributed by atoms with Crippen LogP contribution in [-0.4, -0.2) is 39.7 Å². The van der Waals surface area contributed by atoms with Gasteiger partial charge in [0, 0.05) is 26.5 Å². The van der Waals surface area contributed by atoms with Gasteiger partial charge in [-0.3, -0.25) is 4.40 Å². The van der Waals surface area contributed by atoms with Crippen molar-refractivity contribution in [1.82, 2.24) is 24.8 Å². The Labute approximate surface area is 162 Å². The van der Waals surface area contributed by atoms with Crippen LogP contribution in [0.5, 0.6) is 0 Å². The van der Waals surface area contributed by atoms with Crippen LogP contribution in [0.3, 0.4) is 0 Å². The molecule has 0 bridgehead atoms. The molecule has 2 heterocycles. The molecular formula is C20H33N5S. The molecule has 0 fully saturated rings. The SMILES string of the molecule is CCCCC(CC)Cc1cn2c(/C(C)=C/N(C)NC)cnc2c(SC)n1. The molecule has 1 N–H and O–H groups in total. The Morgan fingerprint density at radius 1 is 1.42 bits per heavy atom. The summed E-state index contributed by atoms with van der Waals surface area (Å²) in [5, 5.41) is 2.96. The van der Waals surface area contributed by atoms with Crippen molar-refractivity contribution >= 4 is 23.0 Å². The highest BCUT2D eigenvalue weighted by atomic mass is 32.2. The summed E-state index contributed by atoms with van der Waals surface area (Å²) in [4.78, 5) is 9.54. The highest BCUT2D eigenvalue weighted by Crippen LogP contribution is 2.25. The fraction of sp³-hybridized carbons (Fsp3) is 0.600. The minimum Gasteiger partial charge on any atom is -0.319 e. The second-order valence-corrected chi connectivity index (χ2v) is 7.64. The molecule has 144 valence electrons. The molecule has 0 saturated heterocycles. The van der Waals surface area contributed by atoms with E-state index >= 15 is 0 Å². The molecule has 0 aliphatic carbocycles. The standard InChI is InChI=1S/C20H33N5S/c1-7-9-10-16(8-2)11-17-14-25-18(15(3)13-24(5)21-4)12-22-19(25)20(23-17)26-6/h12-14,16,21H,7-11H2,1-6H3/b15-13+. The summed E-state index contributed by atoms with van der Waals surface area (Å²) in [6.45, 7) is 6.67. The molecule has 5 nitrogen and oxygen atoms in total. The lowest BCUT2D eigenvalue weighted by Crippen LogP contribution is -2.25. The summed E-state index contributed by atoms with van der Waals surface area (Å²) in [6.07, 6.45) is 14.4. The zero-order valence-corrected chi connectivity index (χ0v) is 17.9. The van der Waals surface area contributed by atoms with Gasteiger partial charge in [0.25, 0.3) is 0 Å². The smallest absolute Gasteiger partial charge is 0.170 e. The molecule has 6 heteroatoms. The van der Waals surface area contributed by atoms with E-state index < -0.39 is 0 Å². The number of nitrogens with zero attached hydrogens (tertiary/aromatic N) is 4. The highest BCUT2D eigenvalue weighted by molar-refractivity contribution is 7.98. The molecule has 2 aromatic heterocycles. The number of thioether (sulfide) groups is 1. The summed E-state index contributed by atoms with van der Waals surface area (Å²) < 4.78 is 2.20. The van der Waals surface area contributed by atoms with Crippen molar-refractivity contribution in [3.63, 3.8) is 0 Å². The molecular weight excluding hydrogens is 342 g/mol. The lowest BCUT2D eigenvalue weighted by Gasteiger charge is -2.16. The average molecular weight is 376 g/mol. The molecule has 1 atom stereocenters. The lowest BCUT2D eigenvalue weighted by atomic mass is 9.94. The van der Waals surface area contributed by atoms with Gasteiger partial charge in [-0.25, -0.2) is 15.4 Å². The fourth-order valence-electron chi connectivity index (χ4n) is 3.20. The van der Waals surface area contributed by atoms with Crippen LogP contribution in [0.25, 0.3) is 11.2 Å². The number of aromatic nitrogens is 3. The van der Waals surface area contributed by atoms with Crippen molar-refractivity contribution in [3.05, 3.63) is 30.0 Å². The maximum absolute atomic E-state index is 4.90. The zero-order valence-electron chi connectivity index (χ0n) is 17.0. The molecule has 0 aromatic carbocycles.